The molecule has 0 radical (unpaired) electrons. The van der Waals surface area contributed by atoms with Crippen LogP contribution in [-0.2, 0) is 28.7 Å². The molecule has 1 heterocycles. The maximum Gasteiger partial charge on any atom is 0.329 e. The highest BCUT2D eigenvalue weighted by Crippen LogP contribution is 2.65. The molecule has 1 aliphatic heterocycles. The second-order valence-electron chi connectivity index (χ2n) is 17.6. The number of fused-ring (bicyclic) bond motifs is 1. The molecule has 0 bridgehead atoms. The van der Waals surface area contributed by atoms with Gasteiger partial charge in [-0.25, -0.2) is 9.59 Å². The maximum atomic E-state index is 14.8. The van der Waals surface area contributed by atoms with Gasteiger partial charge in [0.15, 0.2) is 0 Å². The van der Waals surface area contributed by atoms with Crippen LogP contribution in [0, 0.1) is 28.1 Å². The zero-order valence-corrected chi connectivity index (χ0v) is 32.1. The van der Waals surface area contributed by atoms with E-state index in [0.717, 1.165) is 25.7 Å². The Hall–Kier alpha value is -3.44. The lowest BCUT2D eigenvalue weighted by Gasteiger charge is -2.43. The first-order valence-corrected chi connectivity index (χ1v) is 18.4. The van der Waals surface area contributed by atoms with Crippen LogP contribution in [0.15, 0.2) is 12.7 Å². The van der Waals surface area contributed by atoms with Gasteiger partial charge in [0.1, 0.15) is 23.7 Å². The minimum atomic E-state index is -1.04. The number of nitrogens with zero attached hydrogens (tertiary/aromatic N) is 1. The fourth-order valence-corrected chi connectivity index (χ4v) is 7.80. The number of esters is 1. The normalized spacial score (nSPS) is 24.0. The number of likely N-dealkylation sites (tertiary alicyclic amines) is 1. The van der Waals surface area contributed by atoms with Crippen molar-refractivity contribution in [3.8, 4) is 0 Å². The van der Waals surface area contributed by atoms with Crippen molar-refractivity contribution in [1.82, 2.24) is 26.2 Å². The van der Waals surface area contributed by atoms with E-state index in [-0.39, 0.29) is 36.1 Å². The predicted molar refractivity (Wildman–Crippen MR) is 192 cm³/mol. The van der Waals surface area contributed by atoms with Crippen LogP contribution in [0.2, 0.25) is 0 Å². The summed E-state index contributed by atoms with van der Waals surface area (Å²) >= 11 is 0. The molecule has 3 fully saturated rings. The van der Waals surface area contributed by atoms with E-state index >= 15 is 0 Å². The minimum Gasteiger partial charge on any atom is -0.458 e. The topological polar surface area (TPSA) is 163 Å². The number of piperidine rings is 1. The molecule has 5 amide bonds. The van der Waals surface area contributed by atoms with Gasteiger partial charge in [-0.1, -0.05) is 86.6 Å². The first kappa shape index (κ1) is 41.0. The monoisotopic (exact) mass is 701 g/mol. The average Bonchev–Trinajstić information content (AvgIpc) is 3.32. The van der Waals surface area contributed by atoms with E-state index in [2.05, 4.69) is 41.7 Å². The molecule has 282 valence electrons. The van der Waals surface area contributed by atoms with Crippen molar-refractivity contribution in [3.05, 3.63) is 12.7 Å². The molecule has 1 unspecified atom stereocenters. The molecule has 0 aromatic heterocycles. The predicted octanol–water partition coefficient (Wildman–Crippen LogP) is 4.41. The van der Waals surface area contributed by atoms with E-state index in [4.69, 9.17) is 4.74 Å². The first-order valence-electron chi connectivity index (χ1n) is 18.4. The fraction of sp³-hybridized carbons (Fsp3) is 0.789. The lowest BCUT2D eigenvalue weighted by molar-refractivity contribution is -0.160. The highest BCUT2D eigenvalue weighted by molar-refractivity contribution is 6.38. The smallest absolute Gasteiger partial charge is 0.329 e. The molecule has 3 aliphatic rings. The van der Waals surface area contributed by atoms with Gasteiger partial charge in [-0.3, -0.25) is 19.2 Å². The zero-order chi connectivity index (χ0) is 37.8. The lowest BCUT2D eigenvalue weighted by Crippen LogP contribution is -2.63. The zero-order valence-electron chi connectivity index (χ0n) is 32.1. The Morgan fingerprint density at radius 2 is 1.56 bits per heavy atom. The molecule has 2 aliphatic carbocycles. The highest BCUT2D eigenvalue weighted by Gasteiger charge is 2.70. The Morgan fingerprint density at radius 1 is 0.940 bits per heavy atom. The van der Waals surface area contributed by atoms with Crippen LogP contribution < -0.4 is 21.3 Å². The average molecular weight is 702 g/mol. The minimum absolute atomic E-state index is 0.0639. The third-order valence-corrected chi connectivity index (χ3v) is 10.9. The van der Waals surface area contributed by atoms with E-state index in [0.29, 0.717) is 25.8 Å². The number of amides is 5. The summed E-state index contributed by atoms with van der Waals surface area (Å²) in [5.74, 6) is -3.02. The summed E-state index contributed by atoms with van der Waals surface area (Å²) < 4.78 is 5.63. The summed E-state index contributed by atoms with van der Waals surface area (Å²) in [6.07, 6.45) is 7.35. The van der Waals surface area contributed by atoms with E-state index in [1.54, 1.807) is 25.7 Å². The van der Waals surface area contributed by atoms with Crippen molar-refractivity contribution in [3.63, 3.8) is 0 Å². The van der Waals surface area contributed by atoms with Crippen molar-refractivity contribution in [2.45, 2.75) is 150 Å². The van der Waals surface area contributed by atoms with Gasteiger partial charge >= 0.3 is 12.0 Å². The molecular formula is C38H63N5O7. The van der Waals surface area contributed by atoms with Gasteiger partial charge in [0.05, 0.1) is 6.04 Å². The molecule has 0 aromatic carbocycles. The Bertz CT molecular complexity index is 1310. The van der Waals surface area contributed by atoms with Gasteiger partial charge in [-0.15, -0.1) is 6.58 Å². The van der Waals surface area contributed by atoms with Crippen LogP contribution in [0.4, 0.5) is 4.79 Å². The van der Waals surface area contributed by atoms with Gasteiger partial charge in [0, 0.05) is 13.1 Å². The Balaban J connectivity index is 1.92. The van der Waals surface area contributed by atoms with Crippen LogP contribution in [0.5, 0.6) is 0 Å². The number of unbranched alkanes of at least 4 members (excludes halogenated alkanes) is 1. The summed E-state index contributed by atoms with van der Waals surface area (Å²) in [5.41, 5.74) is -2.25. The molecule has 50 heavy (non-hydrogen) atoms. The number of Topliss-reactive ketones (excluding diaryl/α,β-unsaturated/α-hetero) is 1. The largest absolute Gasteiger partial charge is 0.458 e. The fourth-order valence-electron chi connectivity index (χ4n) is 7.80. The number of hydrogen-bond acceptors (Lipinski definition) is 7. The molecule has 0 spiro atoms. The Kier molecular flexibility index (Phi) is 13.0. The summed E-state index contributed by atoms with van der Waals surface area (Å²) in [6.45, 7) is 22.9. The van der Waals surface area contributed by atoms with Gasteiger partial charge in [-0.05, 0) is 68.1 Å². The second-order valence-corrected chi connectivity index (χ2v) is 17.6. The third kappa shape index (κ3) is 9.66. The summed E-state index contributed by atoms with van der Waals surface area (Å²) in [7, 11) is 0. The van der Waals surface area contributed by atoms with Crippen LogP contribution in [0.1, 0.15) is 121 Å². The van der Waals surface area contributed by atoms with E-state index in [1.165, 1.54) is 6.08 Å². The standard InChI is InChI=1S/C38H63N5O7/c1-12-14-18-24(27(44)31(46)39-21-13-2)40-30(45)26-25-23(37(25,9)10)22-43(26)32(47)28(38(11)19-16-15-17-20-38)41-34(49)42-29(35(3,4)5)33(48)50-36(6,7)8/h13,23-26,28-29H,2,12,14-22H2,1,3-11H3,(H,39,46)(H,40,45)(H2,41,42,49)/t23-,24?,25-,26-,28+,29+/m0/s1. The van der Waals surface area contributed by atoms with E-state index in [1.807, 2.05) is 34.6 Å². The van der Waals surface area contributed by atoms with Gasteiger partial charge in [0.2, 0.25) is 17.6 Å². The van der Waals surface area contributed by atoms with Gasteiger partial charge < -0.3 is 30.9 Å². The van der Waals surface area contributed by atoms with Crippen molar-refractivity contribution >= 4 is 35.5 Å². The van der Waals surface area contributed by atoms with Crippen molar-refractivity contribution in [1.29, 1.82) is 0 Å². The summed E-state index contributed by atoms with van der Waals surface area (Å²) in [5, 5.41) is 11.1. The third-order valence-electron chi connectivity index (χ3n) is 10.9. The maximum absolute atomic E-state index is 14.8. The molecule has 6 atom stereocenters. The van der Waals surface area contributed by atoms with E-state index < -0.39 is 70.2 Å². The van der Waals surface area contributed by atoms with Crippen LogP contribution in [-0.4, -0.2) is 83.3 Å². The number of urea groups is 1. The van der Waals surface area contributed by atoms with Crippen LogP contribution in [0.25, 0.3) is 0 Å². The Labute approximate surface area is 299 Å². The summed E-state index contributed by atoms with van der Waals surface area (Å²) in [6, 6.07) is -4.54. The van der Waals surface area contributed by atoms with E-state index in [9.17, 15) is 28.8 Å². The number of hydrogen-bond donors (Lipinski definition) is 4. The molecule has 12 nitrogen and oxygen atoms in total. The van der Waals surface area contributed by atoms with Crippen LogP contribution >= 0.6 is 0 Å². The second kappa shape index (κ2) is 15.8. The highest BCUT2D eigenvalue weighted by atomic mass is 16.6. The molecule has 12 heteroatoms. The summed E-state index contributed by atoms with van der Waals surface area (Å²) in [4.78, 5) is 83.3. The van der Waals surface area contributed by atoms with Crippen molar-refractivity contribution < 1.29 is 33.5 Å². The van der Waals surface area contributed by atoms with Crippen molar-refractivity contribution in [2.24, 2.45) is 28.1 Å². The van der Waals surface area contributed by atoms with Crippen LogP contribution in [0.3, 0.4) is 0 Å². The first-order chi connectivity index (χ1) is 23.1. The Morgan fingerprint density at radius 3 is 2.10 bits per heavy atom. The quantitative estimate of drug-likeness (QED) is 0.118. The number of carbonyl (C=O) groups is 6. The SMILES string of the molecule is C=CCNC(=O)C(=O)C(CCCC)NC(=O)[C@@H]1[C@@H]2[C@H](CN1C(=O)[C@@H](NC(=O)N[C@H](C(=O)OC(C)(C)C)C(C)(C)C)C1(C)CCCCC1)C2(C)C. The number of ketones is 1. The lowest BCUT2D eigenvalue weighted by atomic mass is 9.70. The number of ether oxygens (including phenoxy) is 1. The number of carbonyl (C=O) groups excluding carboxylic acids is 6. The molecule has 3 rings (SSSR count). The molecule has 1 saturated heterocycles. The van der Waals surface area contributed by atoms with Crippen molar-refractivity contribution in [2.75, 3.05) is 13.1 Å². The molecule has 2 saturated carbocycles. The van der Waals surface area contributed by atoms with Gasteiger partial charge in [-0.2, -0.15) is 0 Å². The molecule has 4 N–H and O–H groups in total. The number of rotatable bonds is 14. The van der Waals surface area contributed by atoms with Gasteiger partial charge in [0.25, 0.3) is 5.91 Å². The molecule has 0 aromatic rings. The molecular weight excluding hydrogens is 638 g/mol. The number of nitrogens with one attached hydrogen (secondary N) is 4.